The maximum atomic E-state index is 13.3. The van der Waals surface area contributed by atoms with Crippen molar-refractivity contribution in [3.05, 3.63) is 48.3 Å². The highest BCUT2D eigenvalue weighted by Gasteiger charge is 2.27. The topological polar surface area (TPSA) is 119 Å². The number of thiazole rings is 1. The average Bonchev–Trinajstić information content (AvgIpc) is 3.72. The number of aryl methyl sites for hydroxylation is 1. The molecule has 5 rings (SSSR count). The molecule has 1 aliphatic heterocycles. The maximum absolute atomic E-state index is 13.3. The van der Waals surface area contributed by atoms with Crippen molar-refractivity contribution in [1.82, 2.24) is 29.3 Å². The first-order chi connectivity index (χ1) is 19.3. The molecule has 5 heterocycles. The second-order valence-corrected chi connectivity index (χ2v) is 11.5. The predicted molar refractivity (Wildman–Crippen MR) is 156 cm³/mol. The summed E-state index contributed by atoms with van der Waals surface area (Å²) in [6.07, 6.45) is 11.6. The molecule has 0 radical (unpaired) electrons. The third-order valence-electron chi connectivity index (χ3n) is 7.31. The Morgan fingerprint density at radius 1 is 1.15 bits per heavy atom. The Morgan fingerprint density at radius 3 is 2.80 bits per heavy atom. The number of fused-ring (bicyclic) bond motifs is 1. The quantitative estimate of drug-likeness (QED) is 0.279. The van der Waals surface area contributed by atoms with Crippen LogP contribution in [-0.2, 0) is 16.1 Å². The SMILES string of the molecule is COCCn1cc(-c2cn3ncc(C(=O)Nc4cc(NC(=O)CCN5CCCC5C(C)C)cnc4C)c3s2)cn1. The van der Waals surface area contributed by atoms with E-state index in [0.717, 1.165) is 28.4 Å². The summed E-state index contributed by atoms with van der Waals surface area (Å²) in [7, 11) is 1.66. The summed E-state index contributed by atoms with van der Waals surface area (Å²) in [4.78, 5) is 34.5. The van der Waals surface area contributed by atoms with Crippen LogP contribution < -0.4 is 10.6 Å². The molecule has 2 amide bonds. The second-order valence-electron chi connectivity index (χ2n) is 10.5. The van der Waals surface area contributed by atoms with Crippen molar-refractivity contribution < 1.29 is 14.3 Å². The Bertz CT molecular complexity index is 1490. The summed E-state index contributed by atoms with van der Waals surface area (Å²) < 4.78 is 8.65. The van der Waals surface area contributed by atoms with Gasteiger partial charge in [-0.3, -0.25) is 24.2 Å². The smallest absolute Gasteiger partial charge is 0.260 e. The largest absolute Gasteiger partial charge is 0.383 e. The predicted octanol–water partition coefficient (Wildman–Crippen LogP) is 4.31. The highest BCUT2D eigenvalue weighted by Crippen LogP contribution is 2.31. The number of rotatable bonds is 11. The van der Waals surface area contributed by atoms with Gasteiger partial charge in [0.2, 0.25) is 5.91 Å². The van der Waals surface area contributed by atoms with Crippen molar-refractivity contribution in [3.63, 3.8) is 0 Å². The van der Waals surface area contributed by atoms with Gasteiger partial charge in [-0.2, -0.15) is 10.2 Å². The molecular formula is C28H36N8O3S. The summed E-state index contributed by atoms with van der Waals surface area (Å²) in [5.74, 6) is 0.231. The molecule has 1 fully saturated rings. The normalized spacial score (nSPS) is 15.8. The van der Waals surface area contributed by atoms with Crippen LogP contribution in [0.15, 0.2) is 37.1 Å². The van der Waals surface area contributed by atoms with E-state index in [9.17, 15) is 9.59 Å². The number of nitrogens with zero attached hydrogens (tertiary/aromatic N) is 6. The number of hydrogen-bond acceptors (Lipinski definition) is 8. The van der Waals surface area contributed by atoms with E-state index in [4.69, 9.17) is 4.74 Å². The van der Waals surface area contributed by atoms with E-state index in [1.54, 1.807) is 36.3 Å². The van der Waals surface area contributed by atoms with Gasteiger partial charge < -0.3 is 15.4 Å². The van der Waals surface area contributed by atoms with Crippen molar-refractivity contribution in [2.45, 2.75) is 52.6 Å². The zero-order valence-electron chi connectivity index (χ0n) is 23.4. The number of pyridine rings is 1. The lowest BCUT2D eigenvalue weighted by atomic mass is 10.0. The maximum Gasteiger partial charge on any atom is 0.260 e. The molecule has 0 spiro atoms. The molecule has 4 aromatic rings. The fraction of sp³-hybridized carbons (Fsp3) is 0.464. The molecule has 1 saturated heterocycles. The van der Waals surface area contributed by atoms with Gasteiger partial charge in [-0.1, -0.05) is 13.8 Å². The van der Waals surface area contributed by atoms with Crippen LogP contribution in [0.3, 0.4) is 0 Å². The minimum atomic E-state index is -0.290. The van der Waals surface area contributed by atoms with E-state index in [0.29, 0.717) is 54.2 Å². The zero-order valence-corrected chi connectivity index (χ0v) is 24.2. The van der Waals surface area contributed by atoms with Gasteiger partial charge in [0.05, 0.1) is 59.3 Å². The highest BCUT2D eigenvalue weighted by molar-refractivity contribution is 7.21. The molecule has 1 aliphatic rings. The Kier molecular flexibility index (Phi) is 8.57. The van der Waals surface area contributed by atoms with Crippen LogP contribution in [0, 0.1) is 12.8 Å². The first-order valence-corrected chi connectivity index (χ1v) is 14.4. The molecule has 11 nitrogen and oxygen atoms in total. The standard InChI is InChI=1S/C28H36N8O3S/c1-18(2)24-6-5-8-34(24)9-7-26(37)32-21-12-23(19(3)29-14-21)33-27(38)22-15-31-36-17-25(40-28(22)36)20-13-30-35(16-20)10-11-39-4/h12-18,24H,5-11H2,1-4H3,(H,32,37)(H,33,38). The molecule has 12 heteroatoms. The van der Waals surface area contributed by atoms with Gasteiger partial charge in [0.15, 0.2) is 0 Å². The lowest BCUT2D eigenvalue weighted by Gasteiger charge is -2.27. The number of likely N-dealkylation sites (tertiary alicyclic amines) is 1. The zero-order chi connectivity index (χ0) is 28.2. The van der Waals surface area contributed by atoms with Crippen LogP contribution in [-0.4, -0.2) is 73.9 Å². The molecular weight excluding hydrogens is 528 g/mol. The number of amides is 2. The Balaban J connectivity index is 1.23. The van der Waals surface area contributed by atoms with Gasteiger partial charge in [0, 0.05) is 44.1 Å². The monoisotopic (exact) mass is 564 g/mol. The lowest BCUT2D eigenvalue weighted by molar-refractivity contribution is -0.116. The van der Waals surface area contributed by atoms with Crippen LogP contribution in [0.4, 0.5) is 11.4 Å². The molecule has 1 atom stereocenters. The van der Waals surface area contributed by atoms with E-state index >= 15 is 0 Å². The van der Waals surface area contributed by atoms with Gasteiger partial charge in [0.25, 0.3) is 5.91 Å². The number of carbonyl (C=O) groups excluding carboxylic acids is 2. The number of nitrogens with one attached hydrogen (secondary N) is 2. The Labute approximate surface area is 237 Å². The first kappa shape index (κ1) is 27.9. The van der Waals surface area contributed by atoms with Gasteiger partial charge in [0.1, 0.15) is 4.83 Å². The van der Waals surface area contributed by atoms with Crippen molar-refractivity contribution in [2.75, 3.05) is 37.4 Å². The molecule has 40 heavy (non-hydrogen) atoms. The van der Waals surface area contributed by atoms with Crippen molar-refractivity contribution in [3.8, 4) is 10.4 Å². The number of anilines is 2. The molecule has 0 saturated carbocycles. The summed E-state index contributed by atoms with van der Waals surface area (Å²) >= 11 is 1.47. The average molecular weight is 565 g/mol. The number of methoxy groups -OCH3 is 1. The van der Waals surface area contributed by atoms with Crippen LogP contribution >= 0.6 is 11.3 Å². The molecule has 0 bridgehead atoms. The van der Waals surface area contributed by atoms with Crippen molar-refractivity contribution in [1.29, 1.82) is 0 Å². The minimum absolute atomic E-state index is 0.0627. The summed E-state index contributed by atoms with van der Waals surface area (Å²) in [5, 5.41) is 14.6. The van der Waals surface area contributed by atoms with Crippen LogP contribution in [0.25, 0.3) is 15.3 Å². The minimum Gasteiger partial charge on any atom is -0.383 e. The third-order valence-corrected chi connectivity index (χ3v) is 8.47. The molecule has 4 aromatic heterocycles. The van der Waals surface area contributed by atoms with Crippen LogP contribution in [0.1, 0.15) is 49.2 Å². The van der Waals surface area contributed by atoms with E-state index < -0.39 is 0 Å². The van der Waals surface area contributed by atoms with E-state index in [-0.39, 0.29) is 11.8 Å². The number of ether oxygens (including phenoxy) is 1. The summed E-state index contributed by atoms with van der Waals surface area (Å²) in [6, 6.07) is 2.30. The fourth-order valence-electron chi connectivity index (χ4n) is 5.14. The summed E-state index contributed by atoms with van der Waals surface area (Å²) in [5.41, 5.74) is 3.16. The van der Waals surface area contributed by atoms with E-state index in [1.807, 2.05) is 24.0 Å². The van der Waals surface area contributed by atoms with Gasteiger partial charge in [-0.15, -0.1) is 11.3 Å². The number of hydrogen-bond donors (Lipinski definition) is 2. The molecule has 0 aromatic carbocycles. The number of aromatic nitrogens is 5. The van der Waals surface area contributed by atoms with Gasteiger partial charge in [-0.05, 0) is 38.3 Å². The first-order valence-electron chi connectivity index (χ1n) is 13.6. The van der Waals surface area contributed by atoms with Crippen LogP contribution in [0.2, 0.25) is 0 Å². The second kappa shape index (κ2) is 12.3. The number of carbonyl (C=O) groups is 2. The van der Waals surface area contributed by atoms with Crippen LogP contribution in [0.5, 0.6) is 0 Å². The van der Waals surface area contributed by atoms with Gasteiger partial charge in [-0.25, -0.2) is 4.52 Å². The van der Waals surface area contributed by atoms with Crippen molar-refractivity contribution in [2.24, 2.45) is 5.92 Å². The highest BCUT2D eigenvalue weighted by atomic mass is 32.1. The van der Waals surface area contributed by atoms with Crippen molar-refractivity contribution >= 4 is 39.4 Å². The summed E-state index contributed by atoms with van der Waals surface area (Å²) in [6.45, 7) is 9.33. The third kappa shape index (κ3) is 6.24. The van der Waals surface area contributed by atoms with E-state index in [1.165, 1.54) is 24.2 Å². The fourth-order valence-corrected chi connectivity index (χ4v) is 6.18. The Hall–Kier alpha value is -3.61. The Morgan fingerprint density at radius 2 is 2.00 bits per heavy atom. The molecule has 0 aliphatic carbocycles. The van der Waals surface area contributed by atoms with Gasteiger partial charge >= 0.3 is 0 Å². The lowest BCUT2D eigenvalue weighted by Crippen LogP contribution is -2.35. The molecule has 212 valence electrons. The van der Waals surface area contributed by atoms with E-state index in [2.05, 4.69) is 44.6 Å². The molecule has 1 unspecified atom stereocenters. The molecule has 2 N–H and O–H groups in total.